The van der Waals surface area contributed by atoms with E-state index in [0.717, 1.165) is 11.3 Å². The number of nitro groups is 1. The number of ether oxygens (including phenoxy) is 2. The topological polar surface area (TPSA) is 64.8 Å². The first-order chi connectivity index (χ1) is 10.1. The van der Waals surface area contributed by atoms with Gasteiger partial charge in [-0.3, -0.25) is 10.1 Å². The highest BCUT2D eigenvalue weighted by Gasteiger charge is 2.18. The van der Waals surface area contributed by atoms with Gasteiger partial charge in [-0.2, -0.15) is 0 Å². The van der Waals surface area contributed by atoms with Crippen LogP contribution in [0.4, 0.5) is 11.4 Å². The van der Waals surface area contributed by atoms with Crippen molar-refractivity contribution in [2.45, 2.75) is 6.54 Å². The molecule has 0 bridgehead atoms. The summed E-state index contributed by atoms with van der Waals surface area (Å²) in [7, 11) is 1.83. The van der Waals surface area contributed by atoms with Crippen LogP contribution in [0.5, 0.6) is 11.5 Å². The predicted molar refractivity (Wildman–Crippen MR) is 77.8 cm³/mol. The number of anilines is 1. The highest BCUT2D eigenvalue weighted by atomic mass is 16.7. The molecule has 0 spiro atoms. The maximum absolute atomic E-state index is 11.1. The molecule has 6 nitrogen and oxygen atoms in total. The van der Waals surface area contributed by atoms with Gasteiger partial charge in [0.2, 0.25) is 6.79 Å². The molecule has 1 aliphatic rings. The summed E-state index contributed by atoms with van der Waals surface area (Å²) in [6.07, 6.45) is 0. The molecule has 0 fully saturated rings. The van der Waals surface area contributed by atoms with E-state index in [4.69, 9.17) is 9.47 Å². The zero-order valence-corrected chi connectivity index (χ0v) is 11.5. The van der Waals surface area contributed by atoms with Crippen molar-refractivity contribution in [1.29, 1.82) is 0 Å². The fraction of sp³-hybridized carbons (Fsp3) is 0.200. The molecule has 108 valence electrons. The van der Waals surface area contributed by atoms with Crippen molar-refractivity contribution < 1.29 is 14.4 Å². The van der Waals surface area contributed by atoms with Gasteiger partial charge in [0, 0.05) is 19.7 Å². The molecule has 3 rings (SSSR count). The number of nitro benzene ring substituents is 1. The molecule has 0 N–H and O–H groups in total. The molecular weight excluding hydrogens is 272 g/mol. The average Bonchev–Trinajstić information content (AvgIpc) is 2.94. The molecule has 1 heterocycles. The number of benzene rings is 2. The van der Waals surface area contributed by atoms with Crippen molar-refractivity contribution in [3.63, 3.8) is 0 Å². The van der Waals surface area contributed by atoms with Gasteiger partial charge in [-0.25, -0.2) is 0 Å². The quantitative estimate of drug-likeness (QED) is 0.638. The molecule has 1 aliphatic heterocycles. The van der Waals surface area contributed by atoms with Gasteiger partial charge in [-0.05, 0) is 23.8 Å². The summed E-state index contributed by atoms with van der Waals surface area (Å²) in [5.41, 5.74) is 1.68. The molecule has 21 heavy (non-hydrogen) atoms. The van der Waals surface area contributed by atoms with Crippen LogP contribution in [0, 0.1) is 10.1 Å². The summed E-state index contributed by atoms with van der Waals surface area (Å²) in [6.45, 7) is 0.778. The van der Waals surface area contributed by atoms with Gasteiger partial charge in [-0.1, -0.05) is 18.2 Å². The third-order valence-corrected chi connectivity index (χ3v) is 3.35. The Morgan fingerprint density at radius 1 is 1.19 bits per heavy atom. The second-order valence-corrected chi connectivity index (χ2v) is 4.79. The first-order valence-electron chi connectivity index (χ1n) is 6.48. The summed E-state index contributed by atoms with van der Waals surface area (Å²) in [5.74, 6) is 1.44. The minimum Gasteiger partial charge on any atom is -0.454 e. The summed E-state index contributed by atoms with van der Waals surface area (Å²) in [5, 5.41) is 11.1. The predicted octanol–water partition coefficient (Wildman–Crippen LogP) is 2.96. The first-order valence-corrected chi connectivity index (χ1v) is 6.48. The van der Waals surface area contributed by atoms with Crippen LogP contribution in [0.2, 0.25) is 0 Å². The van der Waals surface area contributed by atoms with E-state index in [0.29, 0.717) is 18.0 Å². The smallest absolute Gasteiger partial charge is 0.292 e. The number of hydrogen-bond acceptors (Lipinski definition) is 5. The van der Waals surface area contributed by atoms with E-state index in [1.807, 2.05) is 30.1 Å². The van der Waals surface area contributed by atoms with E-state index in [2.05, 4.69) is 0 Å². The molecule has 0 saturated carbocycles. The van der Waals surface area contributed by atoms with Crippen molar-refractivity contribution in [2.24, 2.45) is 0 Å². The highest BCUT2D eigenvalue weighted by molar-refractivity contribution is 5.62. The van der Waals surface area contributed by atoms with E-state index >= 15 is 0 Å². The van der Waals surface area contributed by atoms with Gasteiger partial charge in [0.05, 0.1) is 4.92 Å². The van der Waals surface area contributed by atoms with E-state index < -0.39 is 0 Å². The Kier molecular flexibility index (Phi) is 3.35. The zero-order chi connectivity index (χ0) is 14.8. The van der Waals surface area contributed by atoms with E-state index in [-0.39, 0.29) is 17.4 Å². The normalized spacial score (nSPS) is 12.2. The van der Waals surface area contributed by atoms with Crippen LogP contribution in [-0.2, 0) is 6.54 Å². The Balaban J connectivity index is 1.83. The average molecular weight is 286 g/mol. The number of nitrogens with zero attached hydrogens (tertiary/aromatic N) is 2. The fourth-order valence-corrected chi connectivity index (χ4v) is 2.34. The standard InChI is InChI=1S/C15H14N2O4/c1-16(12-4-2-3-5-13(12)17(18)19)9-11-6-7-14-15(8-11)21-10-20-14/h2-8H,9-10H2,1H3. The van der Waals surface area contributed by atoms with Crippen LogP contribution in [0.3, 0.4) is 0 Å². The highest BCUT2D eigenvalue weighted by Crippen LogP contribution is 2.34. The maximum Gasteiger partial charge on any atom is 0.292 e. The minimum atomic E-state index is -0.370. The molecule has 0 atom stereocenters. The molecule has 0 saturated heterocycles. The van der Waals surface area contributed by atoms with Crippen molar-refractivity contribution >= 4 is 11.4 Å². The van der Waals surface area contributed by atoms with Crippen LogP contribution >= 0.6 is 0 Å². The van der Waals surface area contributed by atoms with Gasteiger partial charge in [0.1, 0.15) is 5.69 Å². The van der Waals surface area contributed by atoms with Crippen LogP contribution in [0.15, 0.2) is 42.5 Å². The van der Waals surface area contributed by atoms with Crippen LogP contribution in [-0.4, -0.2) is 18.8 Å². The van der Waals surface area contributed by atoms with Gasteiger partial charge in [0.15, 0.2) is 11.5 Å². The number of fused-ring (bicyclic) bond motifs is 1. The third-order valence-electron chi connectivity index (χ3n) is 3.35. The lowest BCUT2D eigenvalue weighted by Gasteiger charge is -2.19. The Morgan fingerprint density at radius 3 is 2.76 bits per heavy atom. The first kappa shape index (κ1) is 13.2. The largest absolute Gasteiger partial charge is 0.454 e. The minimum absolute atomic E-state index is 0.0979. The lowest BCUT2D eigenvalue weighted by molar-refractivity contribution is -0.384. The van der Waals surface area contributed by atoms with Crippen LogP contribution in [0.1, 0.15) is 5.56 Å². The second kappa shape index (κ2) is 5.32. The lowest BCUT2D eigenvalue weighted by Crippen LogP contribution is -2.17. The van der Waals surface area contributed by atoms with Gasteiger partial charge in [0.25, 0.3) is 5.69 Å². The molecule has 0 unspecified atom stereocenters. The van der Waals surface area contributed by atoms with Crippen LogP contribution < -0.4 is 14.4 Å². The molecule has 0 aromatic heterocycles. The van der Waals surface area contributed by atoms with E-state index in [1.165, 1.54) is 6.07 Å². The molecule has 6 heteroatoms. The Hall–Kier alpha value is -2.76. The van der Waals surface area contributed by atoms with Gasteiger partial charge in [-0.15, -0.1) is 0 Å². The molecule has 2 aromatic rings. The number of para-hydroxylation sites is 2. The Morgan fingerprint density at radius 2 is 1.95 bits per heavy atom. The summed E-state index contributed by atoms with van der Waals surface area (Å²) in [6, 6.07) is 12.4. The summed E-state index contributed by atoms with van der Waals surface area (Å²) < 4.78 is 10.6. The molecule has 0 aliphatic carbocycles. The summed E-state index contributed by atoms with van der Waals surface area (Å²) >= 11 is 0. The molecule has 2 aromatic carbocycles. The number of hydrogen-bond donors (Lipinski definition) is 0. The lowest BCUT2D eigenvalue weighted by atomic mass is 10.1. The van der Waals surface area contributed by atoms with Gasteiger partial charge < -0.3 is 14.4 Å². The van der Waals surface area contributed by atoms with E-state index in [1.54, 1.807) is 18.2 Å². The third kappa shape index (κ3) is 2.60. The number of rotatable bonds is 4. The SMILES string of the molecule is CN(Cc1ccc2c(c1)OCO2)c1ccccc1[N+](=O)[O-]. The molecular formula is C15H14N2O4. The van der Waals surface area contributed by atoms with E-state index in [9.17, 15) is 10.1 Å². The van der Waals surface area contributed by atoms with Gasteiger partial charge >= 0.3 is 0 Å². The molecule has 0 radical (unpaired) electrons. The van der Waals surface area contributed by atoms with Crippen molar-refractivity contribution in [2.75, 3.05) is 18.7 Å². The summed E-state index contributed by atoms with van der Waals surface area (Å²) in [4.78, 5) is 12.5. The van der Waals surface area contributed by atoms with Crippen molar-refractivity contribution in [3.8, 4) is 11.5 Å². The van der Waals surface area contributed by atoms with Crippen molar-refractivity contribution in [1.82, 2.24) is 0 Å². The molecule has 0 amide bonds. The zero-order valence-electron chi connectivity index (χ0n) is 11.5. The Labute approximate surface area is 121 Å². The van der Waals surface area contributed by atoms with Crippen molar-refractivity contribution in [3.05, 3.63) is 58.1 Å². The monoisotopic (exact) mass is 286 g/mol. The maximum atomic E-state index is 11.1. The fourth-order valence-electron chi connectivity index (χ4n) is 2.34. The second-order valence-electron chi connectivity index (χ2n) is 4.79. The Bertz CT molecular complexity index is 687. The van der Waals surface area contributed by atoms with Crippen LogP contribution in [0.25, 0.3) is 0 Å².